The van der Waals surface area contributed by atoms with Gasteiger partial charge in [-0.15, -0.1) is 11.3 Å². The molecule has 0 saturated carbocycles. The second kappa shape index (κ2) is 6.89. The van der Waals surface area contributed by atoms with Crippen molar-refractivity contribution in [2.24, 2.45) is 0 Å². The van der Waals surface area contributed by atoms with Gasteiger partial charge in [-0.3, -0.25) is 10.1 Å². The van der Waals surface area contributed by atoms with Gasteiger partial charge in [0.2, 0.25) is 0 Å². The predicted octanol–water partition coefficient (Wildman–Crippen LogP) is 3.97. The third-order valence-corrected chi connectivity index (χ3v) is 6.13. The van der Waals surface area contributed by atoms with Crippen LogP contribution in [0.5, 0.6) is 0 Å². The predicted molar refractivity (Wildman–Crippen MR) is 91.5 cm³/mol. The molecule has 134 valence electrons. The van der Waals surface area contributed by atoms with Crippen LogP contribution in [0.4, 0.5) is 14.5 Å². The van der Waals surface area contributed by atoms with E-state index in [1.807, 2.05) is 0 Å². The van der Waals surface area contributed by atoms with Crippen molar-refractivity contribution in [2.75, 3.05) is 0 Å². The quantitative estimate of drug-likeness (QED) is 0.481. The number of hydrogen-bond donors (Lipinski definition) is 0. The summed E-state index contributed by atoms with van der Waals surface area (Å²) in [5.74, 6) is -2.14. The number of benzene rings is 2. The molecule has 0 radical (unpaired) electrons. The molecular formula is C16H10F2N2O4S2. The van der Waals surface area contributed by atoms with Crippen LogP contribution in [-0.4, -0.2) is 18.3 Å². The third kappa shape index (κ3) is 3.60. The molecule has 0 amide bonds. The maximum atomic E-state index is 13.8. The molecule has 0 spiro atoms. The SMILES string of the molecule is O=[N+]([O-])c1cccc(S(=O)(=O)Cc2nc(-c3c(F)cccc3F)cs2)c1. The molecule has 0 N–H and O–H groups in total. The molecule has 2 aromatic carbocycles. The minimum Gasteiger partial charge on any atom is -0.258 e. The summed E-state index contributed by atoms with van der Waals surface area (Å²) in [6.45, 7) is 0. The van der Waals surface area contributed by atoms with E-state index in [1.165, 1.54) is 29.6 Å². The normalized spacial score (nSPS) is 11.5. The van der Waals surface area contributed by atoms with Crippen LogP contribution >= 0.6 is 11.3 Å². The van der Waals surface area contributed by atoms with Crippen LogP contribution < -0.4 is 0 Å². The van der Waals surface area contributed by atoms with E-state index in [4.69, 9.17) is 0 Å². The van der Waals surface area contributed by atoms with Crippen LogP contribution in [0.3, 0.4) is 0 Å². The first kappa shape index (κ1) is 18.1. The molecular weight excluding hydrogens is 386 g/mol. The number of rotatable bonds is 5. The van der Waals surface area contributed by atoms with E-state index in [-0.39, 0.29) is 26.8 Å². The lowest BCUT2D eigenvalue weighted by atomic mass is 10.1. The van der Waals surface area contributed by atoms with Gasteiger partial charge in [0.05, 0.1) is 21.1 Å². The van der Waals surface area contributed by atoms with E-state index in [9.17, 15) is 27.3 Å². The van der Waals surface area contributed by atoms with E-state index in [1.54, 1.807) is 0 Å². The first-order chi connectivity index (χ1) is 12.3. The third-order valence-electron chi connectivity index (χ3n) is 3.47. The van der Waals surface area contributed by atoms with Gasteiger partial charge in [-0.25, -0.2) is 22.2 Å². The number of non-ortho nitro benzene ring substituents is 1. The number of nitro benzene ring substituents is 1. The lowest BCUT2D eigenvalue weighted by molar-refractivity contribution is -0.385. The molecule has 0 aliphatic heterocycles. The van der Waals surface area contributed by atoms with E-state index < -0.39 is 32.1 Å². The van der Waals surface area contributed by atoms with Crippen LogP contribution in [0.15, 0.2) is 52.7 Å². The number of sulfone groups is 1. The van der Waals surface area contributed by atoms with Gasteiger partial charge in [0, 0.05) is 17.5 Å². The highest BCUT2D eigenvalue weighted by Crippen LogP contribution is 2.29. The zero-order valence-electron chi connectivity index (χ0n) is 12.9. The van der Waals surface area contributed by atoms with E-state index >= 15 is 0 Å². The fourth-order valence-corrected chi connectivity index (χ4v) is 4.72. The average molecular weight is 396 g/mol. The average Bonchev–Trinajstić information content (AvgIpc) is 3.02. The number of nitrogens with zero attached hydrogens (tertiary/aromatic N) is 2. The van der Waals surface area contributed by atoms with Crippen LogP contribution in [-0.2, 0) is 15.6 Å². The molecule has 10 heteroatoms. The van der Waals surface area contributed by atoms with Gasteiger partial charge in [0.15, 0.2) is 9.84 Å². The van der Waals surface area contributed by atoms with E-state index in [0.29, 0.717) is 0 Å². The largest absolute Gasteiger partial charge is 0.270 e. The fraction of sp³-hybridized carbons (Fsp3) is 0.0625. The van der Waals surface area contributed by atoms with Crippen molar-refractivity contribution < 1.29 is 22.1 Å². The molecule has 1 heterocycles. The smallest absolute Gasteiger partial charge is 0.258 e. The van der Waals surface area contributed by atoms with Crippen molar-refractivity contribution in [1.29, 1.82) is 0 Å². The van der Waals surface area contributed by atoms with Gasteiger partial charge in [-0.05, 0) is 18.2 Å². The summed E-state index contributed by atoms with van der Waals surface area (Å²) >= 11 is 0.936. The summed E-state index contributed by atoms with van der Waals surface area (Å²) in [6.07, 6.45) is 0. The van der Waals surface area contributed by atoms with Crippen molar-refractivity contribution in [1.82, 2.24) is 4.98 Å². The van der Waals surface area contributed by atoms with Crippen molar-refractivity contribution in [3.8, 4) is 11.3 Å². The van der Waals surface area contributed by atoms with Gasteiger partial charge in [-0.2, -0.15) is 0 Å². The minimum absolute atomic E-state index is 0.00478. The van der Waals surface area contributed by atoms with Gasteiger partial charge >= 0.3 is 0 Å². The van der Waals surface area contributed by atoms with Crippen LogP contribution in [0, 0.1) is 21.7 Å². The van der Waals surface area contributed by atoms with Gasteiger partial charge in [-0.1, -0.05) is 12.1 Å². The summed E-state index contributed by atoms with van der Waals surface area (Å²) in [7, 11) is -3.90. The van der Waals surface area contributed by atoms with Gasteiger partial charge < -0.3 is 0 Å². The lowest BCUT2D eigenvalue weighted by Crippen LogP contribution is -2.05. The maximum absolute atomic E-state index is 13.8. The molecule has 0 unspecified atom stereocenters. The fourth-order valence-electron chi connectivity index (χ4n) is 2.27. The van der Waals surface area contributed by atoms with E-state index in [2.05, 4.69) is 4.98 Å². The summed E-state index contributed by atoms with van der Waals surface area (Å²) in [4.78, 5) is 13.9. The summed E-state index contributed by atoms with van der Waals surface area (Å²) < 4.78 is 52.5. The number of nitro groups is 1. The summed E-state index contributed by atoms with van der Waals surface area (Å²) in [6, 6.07) is 8.03. The number of halogens is 2. The molecule has 3 aromatic rings. The number of aromatic nitrogens is 1. The van der Waals surface area contributed by atoms with Crippen LogP contribution in [0.1, 0.15) is 5.01 Å². The maximum Gasteiger partial charge on any atom is 0.270 e. The topological polar surface area (TPSA) is 90.2 Å². The number of thiazole rings is 1. The number of hydrogen-bond acceptors (Lipinski definition) is 6. The monoisotopic (exact) mass is 396 g/mol. The highest BCUT2D eigenvalue weighted by molar-refractivity contribution is 7.90. The van der Waals surface area contributed by atoms with Crippen molar-refractivity contribution in [2.45, 2.75) is 10.6 Å². The lowest BCUT2D eigenvalue weighted by Gasteiger charge is -2.03. The van der Waals surface area contributed by atoms with E-state index in [0.717, 1.165) is 29.5 Å². The highest BCUT2D eigenvalue weighted by Gasteiger charge is 2.21. The highest BCUT2D eigenvalue weighted by atomic mass is 32.2. The zero-order chi connectivity index (χ0) is 18.9. The van der Waals surface area contributed by atoms with Crippen LogP contribution in [0.2, 0.25) is 0 Å². The second-order valence-electron chi connectivity index (χ2n) is 5.24. The molecule has 1 aromatic heterocycles. The molecule has 0 aliphatic carbocycles. The Hall–Kier alpha value is -2.72. The Morgan fingerprint density at radius 1 is 1.12 bits per heavy atom. The first-order valence-electron chi connectivity index (χ1n) is 7.14. The second-order valence-corrected chi connectivity index (χ2v) is 8.17. The zero-order valence-corrected chi connectivity index (χ0v) is 14.6. The van der Waals surface area contributed by atoms with Crippen molar-refractivity contribution >= 4 is 26.9 Å². The Balaban J connectivity index is 1.91. The van der Waals surface area contributed by atoms with Gasteiger partial charge in [0.25, 0.3) is 5.69 Å². The van der Waals surface area contributed by atoms with Crippen molar-refractivity contribution in [3.05, 3.63) is 74.6 Å². The first-order valence-corrected chi connectivity index (χ1v) is 9.67. The Kier molecular flexibility index (Phi) is 4.79. The summed E-state index contributed by atoms with van der Waals surface area (Å²) in [5.41, 5.74) is -0.683. The van der Waals surface area contributed by atoms with Crippen LogP contribution in [0.25, 0.3) is 11.3 Å². The van der Waals surface area contributed by atoms with Gasteiger partial charge in [0.1, 0.15) is 22.4 Å². The molecule has 0 atom stereocenters. The Morgan fingerprint density at radius 3 is 2.42 bits per heavy atom. The summed E-state index contributed by atoms with van der Waals surface area (Å²) in [5, 5.41) is 12.3. The molecule has 0 aliphatic rings. The molecule has 26 heavy (non-hydrogen) atoms. The molecule has 0 saturated heterocycles. The minimum atomic E-state index is -3.90. The Bertz CT molecular complexity index is 1080. The van der Waals surface area contributed by atoms with Crippen molar-refractivity contribution in [3.63, 3.8) is 0 Å². The molecule has 0 fully saturated rings. The molecule has 0 bridgehead atoms. The molecule has 6 nitrogen and oxygen atoms in total. The Morgan fingerprint density at radius 2 is 1.77 bits per heavy atom. The Labute approximate surface area is 150 Å². The standard InChI is InChI=1S/C16H10F2N2O4S2/c17-12-5-2-6-13(18)16(12)14-8-25-15(19-14)9-26(23,24)11-4-1-3-10(7-11)20(21)22/h1-8H,9H2. The molecule has 3 rings (SSSR count).